The van der Waals surface area contributed by atoms with Gasteiger partial charge in [-0.1, -0.05) is 18.2 Å². The molecule has 1 fully saturated rings. The molecule has 1 amide bonds. The number of pyridine rings is 1. The molecule has 2 heterocycles. The first-order valence-electron chi connectivity index (χ1n) is 10.5. The SMILES string of the molecule is CC(=O)c1cccc(COc2cccc(C3CCN(C(=O)OC(C)(C)C)CC3)n2)c1F. The minimum atomic E-state index is -0.555. The van der Waals surface area contributed by atoms with E-state index in [2.05, 4.69) is 4.98 Å². The first-order valence-corrected chi connectivity index (χ1v) is 10.5. The molecular weight excluding hydrogens is 399 g/mol. The number of ether oxygens (including phenoxy) is 2. The molecule has 31 heavy (non-hydrogen) atoms. The Labute approximate surface area is 182 Å². The number of piperidine rings is 1. The maximum Gasteiger partial charge on any atom is 0.410 e. The fraction of sp³-hybridized carbons (Fsp3) is 0.458. The number of hydrogen-bond acceptors (Lipinski definition) is 5. The van der Waals surface area contributed by atoms with Crippen LogP contribution in [0.25, 0.3) is 0 Å². The normalized spacial score (nSPS) is 14.9. The van der Waals surface area contributed by atoms with Crippen LogP contribution >= 0.6 is 0 Å². The molecule has 0 spiro atoms. The lowest BCUT2D eigenvalue weighted by molar-refractivity contribution is 0.0203. The summed E-state index contributed by atoms with van der Waals surface area (Å²) >= 11 is 0. The summed E-state index contributed by atoms with van der Waals surface area (Å²) in [7, 11) is 0. The third-order valence-electron chi connectivity index (χ3n) is 5.14. The van der Waals surface area contributed by atoms with Gasteiger partial charge < -0.3 is 14.4 Å². The van der Waals surface area contributed by atoms with Crippen molar-refractivity contribution >= 4 is 11.9 Å². The van der Waals surface area contributed by atoms with Crippen molar-refractivity contribution in [1.29, 1.82) is 0 Å². The molecular formula is C24H29FN2O4. The van der Waals surface area contributed by atoms with Crippen LogP contribution in [0.2, 0.25) is 0 Å². The molecule has 6 nitrogen and oxygen atoms in total. The molecule has 0 radical (unpaired) electrons. The number of aromatic nitrogens is 1. The minimum absolute atomic E-state index is 0.0134. The number of nitrogens with zero attached hydrogens (tertiary/aromatic N) is 2. The minimum Gasteiger partial charge on any atom is -0.473 e. The van der Waals surface area contributed by atoms with E-state index >= 15 is 0 Å². The van der Waals surface area contributed by atoms with Crippen LogP contribution in [0.3, 0.4) is 0 Å². The average molecular weight is 429 g/mol. The molecule has 1 aromatic carbocycles. The van der Waals surface area contributed by atoms with Crippen LogP contribution in [0, 0.1) is 5.82 Å². The second-order valence-electron chi connectivity index (χ2n) is 8.77. The van der Waals surface area contributed by atoms with Gasteiger partial charge in [0.25, 0.3) is 0 Å². The van der Waals surface area contributed by atoms with Gasteiger partial charge in [-0.25, -0.2) is 14.2 Å². The summed E-state index contributed by atoms with van der Waals surface area (Å²) in [5.74, 6) is -0.266. The van der Waals surface area contributed by atoms with Gasteiger partial charge >= 0.3 is 6.09 Å². The molecule has 0 saturated carbocycles. The highest BCUT2D eigenvalue weighted by Gasteiger charge is 2.28. The number of benzene rings is 1. The van der Waals surface area contributed by atoms with E-state index in [1.807, 2.05) is 32.9 Å². The lowest BCUT2D eigenvalue weighted by atomic mass is 9.93. The fourth-order valence-corrected chi connectivity index (χ4v) is 3.54. The van der Waals surface area contributed by atoms with Crippen molar-refractivity contribution in [3.63, 3.8) is 0 Å². The largest absolute Gasteiger partial charge is 0.473 e. The molecule has 0 aliphatic carbocycles. The van der Waals surface area contributed by atoms with Crippen LogP contribution in [-0.2, 0) is 11.3 Å². The zero-order valence-electron chi connectivity index (χ0n) is 18.5. The van der Waals surface area contributed by atoms with Gasteiger partial charge in [-0.3, -0.25) is 4.79 Å². The molecule has 0 atom stereocenters. The molecule has 1 aliphatic rings. The number of amides is 1. The van der Waals surface area contributed by atoms with Crippen LogP contribution in [-0.4, -0.2) is 40.5 Å². The molecule has 1 saturated heterocycles. The van der Waals surface area contributed by atoms with Crippen molar-refractivity contribution in [2.75, 3.05) is 13.1 Å². The van der Waals surface area contributed by atoms with Crippen LogP contribution in [0.5, 0.6) is 5.88 Å². The van der Waals surface area contributed by atoms with Crippen molar-refractivity contribution in [2.24, 2.45) is 0 Å². The lowest BCUT2D eigenvalue weighted by Gasteiger charge is -2.33. The van der Waals surface area contributed by atoms with Crippen LogP contribution in [0.15, 0.2) is 36.4 Å². The van der Waals surface area contributed by atoms with Gasteiger partial charge in [-0.05, 0) is 52.7 Å². The van der Waals surface area contributed by atoms with E-state index in [4.69, 9.17) is 9.47 Å². The summed E-state index contributed by atoms with van der Waals surface area (Å²) in [5.41, 5.74) is 0.745. The third-order valence-corrected chi connectivity index (χ3v) is 5.14. The van der Waals surface area contributed by atoms with Crippen molar-refractivity contribution in [1.82, 2.24) is 9.88 Å². The van der Waals surface area contributed by atoms with Crippen molar-refractivity contribution in [2.45, 2.75) is 58.7 Å². The Morgan fingerprint density at radius 1 is 1.13 bits per heavy atom. The highest BCUT2D eigenvalue weighted by Crippen LogP contribution is 2.29. The van der Waals surface area contributed by atoms with Gasteiger partial charge in [0.1, 0.15) is 18.0 Å². The van der Waals surface area contributed by atoms with Gasteiger partial charge in [0.2, 0.25) is 5.88 Å². The Balaban J connectivity index is 1.60. The smallest absolute Gasteiger partial charge is 0.410 e. The number of rotatable bonds is 5. The first-order chi connectivity index (χ1) is 14.6. The Bertz CT molecular complexity index is 947. The van der Waals surface area contributed by atoms with Crippen LogP contribution < -0.4 is 4.74 Å². The number of halogens is 1. The fourth-order valence-electron chi connectivity index (χ4n) is 3.54. The molecule has 7 heteroatoms. The van der Waals surface area contributed by atoms with Crippen LogP contribution in [0.4, 0.5) is 9.18 Å². The number of carbonyl (C=O) groups is 2. The topological polar surface area (TPSA) is 68.7 Å². The number of likely N-dealkylation sites (tertiary alicyclic amines) is 1. The summed E-state index contributed by atoms with van der Waals surface area (Å²) in [6.07, 6.45) is 1.28. The average Bonchev–Trinajstić information content (AvgIpc) is 2.72. The summed E-state index contributed by atoms with van der Waals surface area (Å²) < 4.78 is 25.6. The van der Waals surface area contributed by atoms with Gasteiger partial charge in [0.15, 0.2) is 5.78 Å². The molecule has 166 valence electrons. The standard InChI is InChI=1S/C24H29FN2O4/c1-16(28)19-8-5-7-18(22(19)25)15-30-21-10-6-9-20(26-21)17-11-13-27(14-12-17)23(29)31-24(2,3)4/h5-10,17H,11-15H2,1-4H3. The maximum atomic E-state index is 14.4. The van der Waals surface area contributed by atoms with Crippen LogP contribution in [0.1, 0.15) is 68.1 Å². The monoisotopic (exact) mass is 428 g/mol. The molecule has 0 N–H and O–H groups in total. The zero-order valence-corrected chi connectivity index (χ0v) is 18.5. The second-order valence-corrected chi connectivity index (χ2v) is 8.77. The lowest BCUT2D eigenvalue weighted by Crippen LogP contribution is -2.41. The summed E-state index contributed by atoms with van der Waals surface area (Å²) in [5, 5.41) is 0. The van der Waals surface area contributed by atoms with Gasteiger partial charge in [-0.2, -0.15) is 0 Å². The summed E-state index contributed by atoms with van der Waals surface area (Å²) in [4.78, 5) is 30.1. The number of carbonyl (C=O) groups excluding carboxylic acids is 2. The predicted octanol–water partition coefficient (Wildman–Crippen LogP) is 5.12. The first kappa shape index (κ1) is 22.7. The third kappa shape index (κ3) is 6.03. The van der Waals surface area contributed by atoms with Gasteiger partial charge in [0, 0.05) is 36.3 Å². The molecule has 2 aromatic rings. The van der Waals surface area contributed by atoms with Crippen molar-refractivity contribution in [3.8, 4) is 5.88 Å². The molecule has 3 rings (SSSR count). The highest BCUT2D eigenvalue weighted by atomic mass is 19.1. The predicted molar refractivity (Wildman–Crippen MR) is 115 cm³/mol. The van der Waals surface area contributed by atoms with E-state index in [1.165, 1.54) is 13.0 Å². The van der Waals surface area contributed by atoms with E-state index in [9.17, 15) is 14.0 Å². The zero-order chi connectivity index (χ0) is 22.6. The maximum absolute atomic E-state index is 14.4. The highest BCUT2D eigenvalue weighted by molar-refractivity contribution is 5.94. The van der Waals surface area contributed by atoms with Gasteiger partial charge in [0.05, 0.1) is 5.56 Å². The quantitative estimate of drug-likeness (QED) is 0.619. The van der Waals surface area contributed by atoms with E-state index in [1.54, 1.807) is 23.1 Å². The number of Topliss-reactive ketones (excluding diaryl/α,β-unsaturated/α-hetero) is 1. The van der Waals surface area contributed by atoms with E-state index in [-0.39, 0.29) is 30.0 Å². The molecule has 1 aromatic heterocycles. The summed E-state index contributed by atoms with van der Waals surface area (Å²) in [6, 6.07) is 10.2. The number of hydrogen-bond donors (Lipinski definition) is 0. The van der Waals surface area contributed by atoms with Crippen molar-refractivity contribution < 1.29 is 23.5 Å². The van der Waals surface area contributed by atoms with Gasteiger partial charge in [-0.15, -0.1) is 0 Å². The second kappa shape index (κ2) is 9.45. The Hall–Kier alpha value is -2.96. The molecule has 1 aliphatic heterocycles. The van der Waals surface area contributed by atoms with Crippen molar-refractivity contribution in [3.05, 3.63) is 59.0 Å². The van der Waals surface area contributed by atoms with E-state index in [0.717, 1.165) is 18.5 Å². The van der Waals surface area contributed by atoms with E-state index < -0.39 is 11.4 Å². The Morgan fingerprint density at radius 2 is 1.81 bits per heavy atom. The summed E-state index contributed by atoms with van der Waals surface area (Å²) in [6.45, 7) is 8.10. The molecule has 0 bridgehead atoms. The Morgan fingerprint density at radius 3 is 2.45 bits per heavy atom. The van der Waals surface area contributed by atoms with E-state index in [0.29, 0.717) is 24.5 Å². The number of ketones is 1. The molecule has 0 unspecified atom stereocenters. The Kier molecular flexibility index (Phi) is 6.93.